The van der Waals surface area contributed by atoms with Crippen LogP contribution in [0.5, 0.6) is 0 Å². The lowest BCUT2D eigenvalue weighted by atomic mass is 9.78. The van der Waals surface area contributed by atoms with Crippen LogP contribution in [0.4, 0.5) is 5.95 Å². The molecular formula is C15H24N4. The van der Waals surface area contributed by atoms with Crippen molar-refractivity contribution in [1.29, 1.82) is 0 Å². The minimum Gasteiger partial charge on any atom is -0.338 e. The third-order valence-electron chi connectivity index (χ3n) is 4.79. The molecule has 0 amide bonds. The number of anilines is 1. The predicted octanol–water partition coefficient (Wildman–Crippen LogP) is 2.40. The Balaban J connectivity index is 1.85. The van der Waals surface area contributed by atoms with E-state index in [4.69, 9.17) is 10.7 Å². The van der Waals surface area contributed by atoms with Crippen LogP contribution in [0.15, 0.2) is 6.20 Å². The number of piperidine rings is 1. The summed E-state index contributed by atoms with van der Waals surface area (Å²) in [4.78, 5) is 11.7. The predicted molar refractivity (Wildman–Crippen MR) is 77.0 cm³/mol. The highest BCUT2D eigenvalue weighted by molar-refractivity contribution is 5.35. The first-order valence-electron chi connectivity index (χ1n) is 7.59. The van der Waals surface area contributed by atoms with Crippen LogP contribution in [0.25, 0.3) is 0 Å². The SMILES string of the molecule is Cc1nc(N2CCCC3CCCCC32)ncc1CN. The van der Waals surface area contributed by atoms with Gasteiger partial charge in [0.1, 0.15) is 0 Å². The molecule has 2 atom stereocenters. The number of hydrogen-bond donors (Lipinski definition) is 1. The molecule has 1 aromatic rings. The summed E-state index contributed by atoms with van der Waals surface area (Å²) < 4.78 is 0. The van der Waals surface area contributed by atoms with E-state index in [0.717, 1.165) is 29.7 Å². The highest BCUT2D eigenvalue weighted by Gasteiger charge is 2.34. The highest BCUT2D eigenvalue weighted by atomic mass is 15.3. The molecule has 3 rings (SSSR count). The molecule has 104 valence electrons. The second-order valence-corrected chi connectivity index (χ2v) is 5.93. The fraction of sp³-hybridized carbons (Fsp3) is 0.733. The first-order chi connectivity index (χ1) is 9.29. The molecule has 4 nitrogen and oxygen atoms in total. The largest absolute Gasteiger partial charge is 0.338 e. The summed E-state index contributed by atoms with van der Waals surface area (Å²) in [6.45, 7) is 3.68. The van der Waals surface area contributed by atoms with E-state index < -0.39 is 0 Å². The van der Waals surface area contributed by atoms with Gasteiger partial charge in [-0.05, 0) is 38.5 Å². The van der Waals surface area contributed by atoms with Gasteiger partial charge in [-0.15, -0.1) is 0 Å². The average Bonchev–Trinajstić information content (AvgIpc) is 2.46. The molecule has 1 aliphatic heterocycles. The maximum atomic E-state index is 5.69. The molecule has 1 aromatic heterocycles. The molecule has 2 unspecified atom stereocenters. The molecule has 2 heterocycles. The van der Waals surface area contributed by atoms with Gasteiger partial charge < -0.3 is 10.6 Å². The summed E-state index contributed by atoms with van der Waals surface area (Å²) in [5, 5.41) is 0. The van der Waals surface area contributed by atoms with Gasteiger partial charge in [-0.1, -0.05) is 12.8 Å². The van der Waals surface area contributed by atoms with E-state index in [1.54, 1.807) is 0 Å². The Bertz CT molecular complexity index is 444. The minimum atomic E-state index is 0.526. The minimum absolute atomic E-state index is 0.526. The zero-order valence-electron chi connectivity index (χ0n) is 11.8. The topological polar surface area (TPSA) is 55.0 Å². The van der Waals surface area contributed by atoms with Gasteiger partial charge in [0.05, 0.1) is 0 Å². The van der Waals surface area contributed by atoms with Crippen LogP contribution < -0.4 is 10.6 Å². The van der Waals surface area contributed by atoms with Gasteiger partial charge in [-0.25, -0.2) is 9.97 Å². The first-order valence-corrected chi connectivity index (χ1v) is 7.59. The van der Waals surface area contributed by atoms with Crippen molar-refractivity contribution >= 4 is 5.95 Å². The lowest BCUT2D eigenvalue weighted by Crippen LogP contribution is -2.47. The average molecular weight is 260 g/mol. The Kier molecular flexibility index (Phi) is 3.69. The number of aromatic nitrogens is 2. The van der Waals surface area contributed by atoms with Crippen LogP contribution in [0.1, 0.15) is 49.8 Å². The van der Waals surface area contributed by atoms with Crippen LogP contribution in [-0.4, -0.2) is 22.6 Å². The van der Waals surface area contributed by atoms with Gasteiger partial charge in [-0.3, -0.25) is 0 Å². The quantitative estimate of drug-likeness (QED) is 0.887. The van der Waals surface area contributed by atoms with E-state index >= 15 is 0 Å². The molecule has 1 aliphatic carbocycles. The summed E-state index contributed by atoms with van der Waals surface area (Å²) >= 11 is 0. The molecule has 1 saturated carbocycles. The Hall–Kier alpha value is -1.16. The third kappa shape index (κ3) is 2.46. The van der Waals surface area contributed by atoms with Gasteiger partial charge in [0.2, 0.25) is 5.95 Å². The van der Waals surface area contributed by atoms with Gasteiger partial charge in [-0.2, -0.15) is 0 Å². The maximum Gasteiger partial charge on any atom is 0.225 e. The van der Waals surface area contributed by atoms with Crippen molar-refractivity contribution in [2.24, 2.45) is 11.7 Å². The number of fused-ring (bicyclic) bond motifs is 1. The lowest BCUT2D eigenvalue weighted by molar-refractivity contribution is 0.241. The molecule has 1 saturated heterocycles. The highest BCUT2D eigenvalue weighted by Crippen LogP contribution is 2.36. The second kappa shape index (κ2) is 5.45. The molecular weight excluding hydrogens is 236 g/mol. The van der Waals surface area contributed by atoms with E-state index in [1.165, 1.54) is 38.5 Å². The van der Waals surface area contributed by atoms with Gasteiger partial charge >= 0.3 is 0 Å². The normalized spacial score (nSPS) is 27.2. The Labute approximate surface area is 115 Å². The van der Waals surface area contributed by atoms with Crippen molar-refractivity contribution in [1.82, 2.24) is 9.97 Å². The summed E-state index contributed by atoms with van der Waals surface area (Å²) in [5.74, 6) is 1.78. The standard InChI is InChI=1S/C15H24N4/c1-11-13(9-16)10-17-15(18-11)19-8-4-6-12-5-2-3-7-14(12)19/h10,12,14H,2-9,16H2,1H3. The summed E-state index contributed by atoms with van der Waals surface area (Å²) in [6, 6.07) is 0.672. The number of nitrogens with zero attached hydrogens (tertiary/aromatic N) is 3. The number of rotatable bonds is 2. The summed E-state index contributed by atoms with van der Waals surface area (Å²) in [6.07, 6.45) is 10.0. The molecule has 4 heteroatoms. The van der Waals surface area contributed by atoms with E-state index in [1.807, 2.05) is 13.1 Å². The molecule has 2 fully saturated rings. The first kappa shape index (κ1) is 12.9. The van der Waals surface area contributed by atoms with E-state index in [-0.39, 0.29) is 0 Å². The van der Waals surface area contributed by atoms with E-state index in [2.05, 4.69) is 9.88 Å². The van der Waals surface area contributed by atoms with E-state index in [0.29, 0.717) is 12.6 Å². The second-order valence-electron chi connectivity index (χ2n) is 5.93. The van der Waals surface area contributed by atoms with Crippen LogP contribution in [0.2, 0.25) is 0 Å². The van der Waals surface area contributed by atoms with Crippen LogP contribution in [0, 0.1) is 12.8 Å². The van der Waals surface area contributed by atoms with Gasteiger partial charge in [0, 0.05) is 36.6 Å². The maximum absolute atomic E-state index is 5.69. The fourth-order valence-corrected chi connectivity index (χ4v) is 3.69. The molecule has 19 heavy (non-hydrogen) atoms. The molecule has 2 aliphatic rings. The fourth-order valence-electron chi connectivity index (χ4n) is 3.69. The Morgan fingerprint density at radius 1 is 1.26 bits per heavy atom. The number of aryl methyl sites for hydroxylation is 1. The molecule has 0 bridgehead atoms. The van der Waals surface area contributed by atoms with Crippen LogP contribution in [-0.2, 0) is 6.54 Å². The Morgan fingerprint density at radius 3 is 2.84 bits per heavy atom. The molecule has 0 radical (unpaired) electrons. The molecule has 2 N–H and O–H groups in total. The number of nitrogens with two attached hydrogens (primary N) is 1. The van der Waals surface area contributed by atoms with Gasteiger partial charge in [0.25, 0.3) is 0 Å². The van der Waals surface area contributed by atoms with Crippen molar-refractivity contribution in [3.63, 3.8) is 0 Å². The van der Waals surface area contributed by atoms with Crippen molar-refractivity contribution in [3.8, 4) is 0 Å². The van der Waals surface area contributed by atoms with Crippen LogP contribution >= 0.6 is 0 Å². The zero-order chi connectivity index (χ0) is 13.2. The monoisotopic (exact) mass is 260 g/mol. The Morgan fingerprint density at radius 2 is 2.05 bits per heavy atom. The van der Waals surface area contributed by atoms with Gasteiger partial charge in [0.15, 0.2) is 0 Å². The molecule has 0 spiro atoms. The summed E-state index contributed by atoms with van der Waals surface area (Å²) in [5.41, 5.74) is 7.78. The van der Waals surface area contributed by atoms with Crippen molar-refractivity contribution < 1.29 is 0 Å². The summed E-state index contributed by atoms with van der Waals surface area (Å²) in [7, 11) is 0. The smallest absolute Gasteiger partial charge is 0.225 e. The zero-order valence-corrected chi connectivity index (χ0v) is 11.8. The number of hydrogen-bond acceptors (Lipinski definition) is 4. The van der Waals surface area contributed by atoms with Crippen molar-refractivity contribution in [2.45, 2.75) is 58.0 Å². The van der Waals surface area contributed by atoms with Crippen molar-refractivity contribution in [2.75, 3.05) is 11.4 Å². The lowest BCUT2D eigenvalue weighted by Gasteiger charge is -2.44. The van der Waals surface area contributed by atoms with Crippen LogP contribution in [0.3, 0.4) is 0 Å². The van der Waals surface area contributed by atoms with E-state index in [9.17, 15) is 0 Å². The molecule has 0 aromatic carbocycles. The van der Waals surface area contributed by atoms with Crippen molar-refractivity contribution in [3.05, 3.63) is 17.5 Å². The third-order valence-corrected chi connectivity index (χ3v) is 4.79.